The van der Waals surface area contributed by atoms with Crippen LogP contribution in [0.5, 0.6) is 0 Å². The van der Waals surface area contributed by atoms with Crippen molar-refractivity contribution in [2.45, 2.75) is 6.92 Å². The molecule has 1 N–H and O–H groups in total. The van der Waals surface area contributed by atoms with Crippen LogP contribution in [0.15, 0.2) is 18.2 Å². The third-order valence-electron chi connectivity index (χ3n) is 2.65. The van der Waals surface area contributed by atoms with Gasteiger partial charge in [0.1, 0.15) is 5.69 Å². The van der Waals surface area contributed by atoms with Crippen molar-refractivity contribution in [1.82, 2.24) is 5.32 Å². The van der Waals surface area contributed by atoms with Gasteiger partial charge in [0.2, 0.25) is 5.91 Å². The summed E-state index contributed by atoms with van der Waals surface area (Å²) >= 11 is 0. The summed E-state index contributed by atoms with van der Waals surface area (Å²) in [6, 6.07) is 4.20. The van der Waals surface area contributed by atoms with E-state index in [2.05, 4.69) is 5.32 Å². The van der Waals surface area contributed by atoms with Gasteiger partial charge < -0.3 is 10.2 Å². The van der Waals surface area contributed by atoms with Crippen molar-refractivity contribution in [3.8, 4) is 0 Å². The van der Waals surface area contributed by atoms with Crippen LogP contribution in [0.25, 0.3) is 0 Å². The molecule has 0 aromatic heterocycles. The van der Waals surface area contributed by atoms with Gasteiger partial charge >= 0.3 is 0 Å². The SMILES string of the molecule is CNC(=O)CN(C)c1ccc(C(C)=O)cc1[N+](=O)[O-]. The minimum Gasteiger partial charge on any atom is -0.360 e. The summed E-state index contributed by atoms with van der Waals surface area (Å²) in [5.41, 5.74) is 0.362. The van der Waals surface area contributed by atoms with Gasteiger partial charge in [0.05, 0.1) is 11.5 Å². The number of anilines is 1. The standard InChI is InChI=1S/C12H15N3O4/c1-8(16)9-4-5-10(11(6-9)15(18)19)14(3)7-12(17)13-2/h4-6H,7H2,1-3H3,(H,13,17). The molecule has 0 saturated heterocycles. The molecule has 19 heavy (non-hydrogen) atoms. The topological polar surface area (TPSA) is 92.6 Å². The van der Waals surface area contributed by atoms with Gasteiger partial charge in [0, 0.05) is 25.7 Å². The van der Waals surface area contributed by atoms with E-state index in [0.717, 1.165) is 0 Å². The first-order valence-electron chi connectivity index (χ1n) is 5.58. The number of carbonyl (C=O) groups excluding carboxylic acids is 2. The summed E-state index contributed by atoms with van der Waals surface area (Å²) < 4.78 is 0. The molecule has 0 aliphatic heterocycles. The quantitative estimate of drug-likeness (QED) is 0.486. The molecule has 0 aliphatic rings. The van der Waals surface area contributed by atoms with Crippen LogP contribution in [0.2, 0.25) is 0 Å². The van der Waals surface area contributed by atoms with Gasteiger partial charge in [-0.1, -0.05) is 0 Å². The summed E-state index contributed by atoms with van der Waals surface area (Å²) in [6.45, 7) is 1.34. The zero-order valence-corrected chi connectivity index (χ0v) is 11.0. The van der Waals surface area contributed by atoms with Gasteiger partial charge in [-0.05, 0) is 19.1 Å². The van der Waals surface area contributed by atoms with Crippen LogP contribution in [-0.2, 0) is 4.79 Å². The maximum atomic E-state index is 11.3. The highest BCUT2D eigenvalue weighted by Crippen LogP contribution is 2.28. The zero-order chi connectivity index (χ0) is 14.6. The number of nitrogens with one attached hydrogen (secondary N) is 1. The van der Waals surface area contributed by atoms with E-state index in [0.29, 0.717) is 5.69 Å². The largest absolute Gasteiger partial charge is 0.360 e. The van der Waals surface area contributed by atoms with Crippen LogP contribution in [0.1, 0.15) is 17.3 Å². The van der Waals surface area contributed by atoms with Crippen molar-refractivity contribution < 1.29 is 14.5 Å². The minimum absolute atomic E-state index is 0.00322. The molecule has 7 nitrogen and oxygen atoms in total. The first-order valence-corrected chi connectivity index (χ1v) is 5.58. The average Bonchev–Trinajstić information content (AvgIpc) is 2.37. The number of benzene rings is 1. The van der Waals surface area contributed by atoms with Gasteiger partial charge in [-0.2, -0.15) is 0 Å². The third-order valence-corrected chi connectivity index (χ3v) is 2.65. The van der Waals surface area contributed by atoms with E-state index in [1.54, 1.807) is 7.05 Å². The van der Waals surface area contributed by atoms with E-state index in [-0.39, 0.29) is 29.5 Å². The number of amides is 1. The second kappa shape index (κ2) is 5.94. The summed E-state index contributed by atoms with van der Waals surface area (Å²) in [4.78, 5) is 34.4. The lowest BCUT2D eigenvalue weighted by Gasteiger charge is -2.18. The van der Waals surface area contributed by atoms with Crippen LogP contribution < -0.4 is 10.2 Å². The van der Waals surface area contributed by atoms with Crippen molar-refractivity contribution in [3.63, 3.8) is 0 Å². The molecule has 1 aromatic carbocycles. The van der Waals surface area contributed by atoms with E-state index in [1.165, 1.54) is 37.1 Å². The Morgan fingerprint density at radius 2 is 2.05 bits per heavy atom. The highest BCUT2D eigenvalue weighted by Gasteiger charge is 2.20. The molecule has 1 rings (SSSR count). The van der Waals surface area contributed by atoms with Crippen molar-refractivity contribution in [2.75, 3.05) is 25.5 Å². The Hall–Kier alpha value is -2.44. The molecule has 1 amide bonds. The highest BCUT2D eigenvalue weighted by molar-refractivity contribution is 5.95. The van der Waals surface area contributed by atoms with Crippen molar-refractivity contribution >= 4 is 23.1 Å². The number of nitro benzene ring substituents is 1. The number of hydrogen-bond acceptors (Lipinski definition) is 5. The number of hydrogen-bond donors (Lipinski definition) is 1. The van der Waals surface area contributed by atoms with Crippen molar-refractivity contribution in [2.24, 2.45) is 0 Å². The molecule has 0 bridgehead atoms. The molecule has 0 spiro atoms. The molecule has 0 atom stereocenters. The van der Waals surface area contributed by atoms with Crippen molar-refractivity contribution in [3.05, 3.63) is 33.9 Å². The fourth-order valence-electron chi connectivity index (χ4n) is 1.59. The lowest BCUT2D eigenvalue weighted by atomic mass is 10.1. The minimum atomic E-state index is -0.567. The van der Waals surface area contributed by atoms with E-state index < -0.39 is 4.92 Å². The Kier molecular flexibility index (Phi) is 4.57. The van der Waals surface area contributed by atoms with Gasteiger partial charge in [-0.15, -0.1) is 0 Å². The molecular formula is C12H15N3O4. The predicted octanol–water partition coefficient (Wildman–Crippen LogP) is 0.980. The first kappa shape index (κ1) is 14.6. The molecule has 7 heteroatoms. The molecule has 0 saturated carbocycles. The predicted molar refractivity (Wildman–Crippen MR) is 70.4 cm³/mol. The van der Waals surface area contributed by atoms with Crippen LogP contribution in [-0.4, -0.2) is 37.3 Å². The Morgan fingerprint density at radius 3 is 2.53 bits per heavy atom. The van der Waals surface area contributed by atoms with E-state index in [9.17, 15) is 19.7 Å². The monoisotopic (exact) mass is 265 g/mol. The molecule has 0 radical (unpaired) electrons. The number of likely N-dealkylation sites (N-methyl/N-ethyl adjacent to an activating group) is 2. The third kappa shape index (κ3) is 3.51. The lowest BCUT2D eigenvalue weighted by molar-refractivity contribution is -0.384. The van der Waals surface area contributed by atoms with Crippen LogP contribution >= 0.6 is 0 Å². The van der Waals surface area contributed by atoms with Crippen LogP contribution in [0.4, 0.5) is 11.4 Å². The molecular weight excluding hydrogens is 250 g/mol. The Morgan fingerprint density at radius 1 is 1.42 bits per heavy atom. The van der Waals surface area contributed by atoms with E-state index in [1.807, 2.05) is 0 Å². The molecule has 1 aromatic rings. The summed E-state index contributed by atoms with van der Waals surface area (Å²) in [7, 11) is 3.06. The Labute approximate surface area is 110 Å². The fourth-order valence-corrected chi connectivity index (χ4v) is 1.59. The second-order valence-electron chi connectivity index (χ2n) is 4.05. The smallest absolute Gasteiger partial charge is 0.293 e. The maximum absolute atomic E-state index is 11.3. The number of Topliss-reactive ketones (excluding diaryl/α,β-unsaturated/α-hetero) is 1. The number of rotatable bonds is 5. The van der Waals surface area contributed by atoms with E-state index >= 15 is 0 Å². The normalized spacial score (nSPS) is 9.84. The Balaban J connectivity index is 3.16. The van der Waals surface area contributed by atoms with Crippen molar-refractivity contribution in [1.29, 1.82) is 0 Å². The number of nitrogens with zero attached hydrogens (tertiary/aromatic N) is 2. The number of ketones is 1. The van der Waals surface area contributed by atoms with Crippen LogP contribution in [0.3, 0.4) is 0 Å². The lowest BCUT2D eigenvalue weighted by Crippen LogP contribution is -2.33. The second-order valence-corrected chi connectivity index (χ2v) is 4.05. The molecule has 0 fully saturated rings. The average molecular weight is 265 g/mol. The highest BCUT2D eigenvalue weighted by atomic mass is 16.6. The van der Waals surface area contributed by atoms with E-state index in [4.69, 9.17) is 0 Å². The Bertz CT molecular complexity index is 528. The molecule has 0 aliphatic carbocycles. The molecule has 102 valence electrons. The van der Waals surface area contributed by atoms with Gasteiger partial charge in [0.25, 0.3) is 5.69 Å². The van der Waals surface area contributed by atoms with Gasteiger partial charge in [-0.25, -0.2) is 0 Å². The number of carbonyl (C=O) groups is 2. The maximum Gasteiger partial charge on any atom is 0.293 e. The zero-order valence-electron chi connectivity index (χ0n) is 11.0. The van der Waals surface area contributed by atoms with Gasteiger partial charge in [0.15, 0.2) is 5.78 Å². The fraction of sp³-hybridized carbons (Fsp3) is 0.333. The summed E-state index contributed by atoms with van der Waals surface area (Å²) in [5, 5.41) is 13.5. The number of nitro groups is 1. The summed E-state index contributed by atoms with van der Waals surface area (Å²) in [6.07, 6.45) is 0. The van der Waals surface area contributed by atoms with Gasteiger partial charge in [-0.3, -0.25) is 19.7 Å². The summed E-state index contributed by atoms with van der Waals surface area (Å²) in [5.74, 6) is -0.504. The van der Waals surface area contributed by atoms with Crippen LogP contribution in [0, 0.1) is 10.1 Å². The molecule has 0 unspecified atom stereocenters. The first-order chi connectivity index (χ1) is 8.86. The molecule has 0 heterocycles.